The lowest BCUT2D eigenvalue weighted by Crippen LogP contribution is -2.56. The van der Waals surface area contributed by atoms with Crippen LogP contribution in [0.1, 0.15) is 60.5 Å². The molecule has 1 aromatic carbocycles. The Morgan fingerprint density at radius 1 is 1.19 bits per heavy atom. The van der Waals surface area contributed by atoms with Crippen LogP contribution in [0.3, 0.4) is 0 Å². The number of fused-ring (bicyclic) bond motifs is 1. The zero-order valence-electron chi connectivity index (χ0n) is 15.4. The van der Waals surface area contributed by atoms with Gasteiger partial charge in [-0.15, -0.1) is 0 Å². The fourth-order valence-electron chi connectivity index (χ4n) is 4.67. The topological polar surface area (TPSA) is 72.8 Å². The van der Waals surface area contributed by atoms with Gasteiger partial charge in [0.05, 0.1) is 6.04 Å². The number of aliphatic hydroxyl groups excluding tert-OH is 2. The summed E-state index contributed by atoms with van der Waals surface area (Å²) in [5, 5.41) is 22.6. The summed E-state index contributed by atoms with van der Waals surface area (Å²) in [5.74, 6) is 1.45. The molecule has 26 heavy (non-hydrogen) atoms. The summed E-state index contributed by atoms with van der Waals surface area (Å²) in [6.07, 6.45) is 6.85. The van der Waals surface area contributed by atoms with Crippen molar-refractivity contribution >= 4 is 5.91 Å². The van der Waals surface area contributed by atoms with Crippen molar-refractivity contribution in [3.63, 3.8) is 0 Å². The lowest BCUT2D eigenvalue weighted by atomic mass is 9.80. The molecule has 1 radical (unpaired) electrons. The second-order valence-electron chi connectivity index (χ2n) is 8.29. The lowest BCUT2D eigenvalue weighted by molar-refractivity contribution is -0.0477. The average Bonchev–Trinajstić information content (AvgIpc) is 2.93. The number of rotatable bonds is 3. The highest BCUT2D eigenvalue weighted by molar-refractivity contribution is 5.98. The van der Waals surface area contributed by atoms with Gasteiger partial charge in [0.25, 0.3) is 5.91 Å². The van der Waals surface area contributed by atoms with E-state index in [0.29, 0.717) is 25.3 Å². The van der Waals surface area contributed by atoms with Crippen molar-refractivity contribution in [1.29, 1.82) is 0 Å². The van der Waals surface area contributed by atoms with Crippen molar-refractivity contribution in [2.75, 3.05) is 0 Å². The largest absolute Gasteiger partial charge is 0.379 e. The summed E-state index contributed by atoms with van der Waals surface area (Å²) in [6.45, 7) is 2.84. The summed E-state index contributed by atoms with van der Waals surface area (Å²) in [4.78, 5) is 14.5. The zero-order valence-corrected chi connectivity index (χ0v) is 15.4. The number of benzene rings is 1. The van der Waals surface area contributed by atoms with Crippen molar-refractivity contribution in [1.82, 2.24) is 10.2 Å². The lowest BCUT2D eigenvalue weighted by Gasteiger charge is -2.37. The van der Waals surface area contributed by atoms with Crippen LogP contribution in [-0.2, 0) is 13.0 Å². The van der Waals surface area contributed by atoms with E-state index < -0.39 is 12.5 Å². The van der Waals surface area contributed by atoms with Crippen LogP contribution < -0.4 is 5.32 Å². The number of piperidine rings is 1. The maximum Gasteiger partial charge on any atom is 0.254 e. The first kappa shape index (κ1) is 18.0. The maximum atomic E-state index is 12.8. The molecule has 0 spiro atoms. The summed E-state index contributed by atoms with van der Waals surface area (Å²) < 4.78 is 0. The molecule has 1 amide bonds. The first-order chi connectivity index (χ1) is 12.5. The van der Waals surface area contributed by atoms with Crippen LogP contribution in [0.4, 0.5) is 0 Å². The van der Waals surface area contributed by atoms with Crippen LogP contribution in [0.15, 0.2) is 18.2 Å². The molecule has 4 rings (SSSR count). The Kier molecular flexibility index (Phi) is 5.04. The molecule has 0 bridgehead atoms. The van der Waals surface area contributed by atoms with Crippen LogP contribution in [0.2, 0.25) is 0 Å². The number of nitrogens with zero attached hydrogens (tertiary/aromatic N) is 1. The standard InChI is InChI=1S/C21H29N2O3/c1-13-2-4-14(5-3-13)10-15-6-7-17-16(11-15)12-23(21(17)26)18-8-9-19(24)22-20(18)25/h2,6-7,11,13-14,18-20,22,24-25H,3-5,8-10,12H2,1H3. The Labute approximate surface area is 155 Å². The molecule has 5 heteroatoms. The number of aliphatic hydroxyl groups is 2. The molecule has 1 saturated carbocycles. The van der Waals surface area contributed by atoms with E-state index in [2.05, 4.69) is 30.8 Å². The second kappa shape index (κ2) is 7.29. The first-order valence-corrected chi connectivity index (χ1v) is 9.89. The van der Waals surface area contributed by atoms with Crippen molar-refractivity contribution in [3.05, 3.63) is 41.3 Å². The van der Waals surface area contributed by atoms with Gasteiger partial charge in [-0.2, -0.15) is 0 Å². The maximum absolute atomic E-state index is 12.8. The van der Waals surface area contributed by atoms with Gasteiger partial charge in [0.2, 0.25) is 0 Å². The number of hydrogen-bond acceptors (Lipinski definition) is 4. The Bertz CT molecular complexity index is 669. The van der Waals surface area contributed by atoms with Gasteiger partial charge in [0.15, 0.2) is 0 Å². The van der Waals surface area contributed by atoms with Crippen molar-refractivity contribution in [2.45, 2.75) is 70.5 Å². The monoisotopic (exact) mass is 357 g/mol. The number of carbonyl (C=O) groups is 1. The molecule has 0 aromatic heterocycles. The SMILES string of the molecule is CC1[CH]CC(Cc2ccc3c(c2)CN(C2CCC(O)NC2O)C3=O)CC1. The third-order valence-electron chi connectivity index (χ3n) is 6.29. The summed E-state index contributed by atoms with van der Waals surface area (Å²) in [5.41, 5.74) is 3.14. The van der Waals surface area contributed by atoms with Crippen LogP contribution in [0.5, 0.6) is 0 Å². The molecule has 2 fully saturated rings. The van der Waals surface area contributed by atoms with Gasteiger partial charge in [-0.05, 0) is 67.6 Å². The normalized spacial score (nSPS) is 34.8. The van der Waals surface area contributed by atoms with Gasteiger partial charge in [-0.1, -0.05) is 25.5 Å². The highest BCUT2D eigenvalue weighted by Crippen LogP contribution is 2.33. The quantitative estimate of drug-likeness (QED) is 0.776. The zero-order chi connectivity index (χ0) is 18.3. The summed E-state index contributed by atoms with van der Waals surface area (Å²) in [6, 6.07) is 5.95. The predicted molar refractivity (Wildman–Crippen MR) is 99.0 cm³/mol. The van der Waals surface area contributed by atoms with E-state index in [0.717, 1.165) is 23.5 Å². The van der Waals surface area contributed by atoms with Gasteiger partial charge < -0.3 is 15.1 Å². The Morgan fingerprint density at radius 3 is 2.77 bits per heavy atom. The molecule has 1 saturated heterocycles. The highest BCUT2D eigenvalue weighted by Gasteiger charge is 2.39. The van der Waals surface area contributed by atoms with E-state index in [1.807, 2.05) is 6.07 Å². The molecule has 5 unspecified atom stereocenters. The second-order valence-corrected chi connectivity index (χ2v) is 8.29. The highest BCUT2D eigenvalue weighted by atomic mass is 16.3. The van der Waals surface area contributed by atoms with Gasteiger partial charge in [-0.3, -0.25) is 10.1 Å². The molecule has 1 aromatic rings. The molecule has 3 N–H and O–H groups in total. The van der Waals surface area contributed by atoms with Gasteiger partial charge in [0.1, 0.15) is 12.5 Å². The van der Waals surface area contributed by atoms with E-state index in [9.17, 15) is 15.0 Å². The Hall–Kier alpha value is -1.43. The number of hydrogen-bond donors (Lipinski definition) is 3. The van der Waals surface area contributed by atoms with Gasteiger partial charge in [-0.25, -0.2) is 0 Å². The fraction of sp³-hybridized carbons (Fsp3) is 0.619. The van der Waals surface area contributed by atoms with Crippen LogP contribution in [0, 0.1) is 18.3 Å². The minimum absolute atomic E-state index is 0.00591. The Morgan fingerprint density at radius 2 is 2.04 bits per heavy atom. The number of nitrogens with one attached hydrogen (secondary N) is 1. The molecule has 1 aliphatic carbocycles. The molecular formula is C21H29N2O3. The van der Waals surface area contributed by atoms with E-state index >= 15 is 0 Å². The van der Waals surface area contributed by atoms with E-state index in [4.69, 9.17) is 0 Å². The van der Waals surface area contributed by atoms with Crippen molar-refractivity contribution in [3.8, 4) is 0 Å². The fourth-order valence-corrected chi connectivity index (χ4v) is 4.67. The van der Waals surface area contributed by atoms with E-state index in [1.165, 1.54) is 24.8 Å². The molecule has 141 valence electrons. The third-order valence-corrected chi connectivity index (χ3v) is 6.29. The molecule has 3 aliphatic rings. The predicted octanol–water partition coefficient (Wildman–Crippen LogP) is 2.21. The summed E-state index contributed by atoms with van der Waals surface area (Å²) >= 11 is 0. The van der Waals surface area contributed by atoms with Gasteiger partial charge >= 0.3 is 0 Å². The number of carbonyl (C=O) groups excluding carboxylic acids is 1. The van der Waals surface area contributed by atoms with E-state index in [-0.39, 0.29) is 11.9 Å². The number of amides is 1. The molecular weight excluding hydrogens is 328 g/mol. The molecule has 2 aliphatic heterocycles. The minimum atomic E-state index is -0.878. The van der Waals surface area contributed by atoms with Crippen molar-refractivity contribution in [2.24, 2.45) is 11.8 Å². The Balaban J connectivity index is 1.45. The molecule has 2 heterocycles. The third kappa shape index (κ3) is 3.53. The molecule has 5 nitrogen and oxygen atoms in total. The first-order valence-electron chi connectivity index (χ1n) is 9.89. The minimum Gasteiger partial charge on any atom is -0.379 e. The smallest absolute Gasteiger partial charge is 0.254 e. The summed E-state index contributed by atoms with van der Waals surface area (Å²) in [7, 11) is 0. The average molecular weight is 357 g/mol. The van der Waals surface area contributed by atoms with Crippen molar-refractivity contribution < 1.29 is 15.0 Å². The van der Waals surface area contributed by atoms with Crippen LogP contribution >= 0.6 is 0 Å². The van der Waals surface area contributed by atoms with Crippen LogP contribution in [-0.4, -0.2) is 39.5 Å². The van der Waals surface area contributed by atoms with E-state index in [1.54, 1.807) is 4.90 Å². The molecule has 5 atom stereocenters. The van der Waals surface area contributed by atoms with Gasteiger partial charge in [0, 0.05) is 12.1 Å². The van der Waals surface area contributed by atoms with Crippen LogP contribution in [0.25, 0.3) is 0 Å².